The van der Waals surface area contributed by atoms with Crippen LogP contribution < -0.4 is 5.32 Å². The standard InChI is InChI=1S/C17H21NOS/c1-5-15-12(3)10-16(20-15)17(19)18-13(4)14-9-7-6-8-11(14)2/h6-10,13H,5H2,1-4H3,(H,18,19). The summed E-state index contributed by atoms with van der Waals surface area (Å²) in [6, 6.07) is 10.2. The van der Waals surface area contributed by atoms with Crippen molar-refractivity contribution in [1.82, 2.24) is 5.32 Å². The monoisotopic (exact) mass is 287 g/mol. The molecule has 0 fully saturated rings. The van der Waals surface area contributed by atoms with Crippen LogP contribution >= 0.6 is 11.3 Å². The van der Waals surface area contributed by atoms with Gasteiger partial charge in [0.25, 0.3) is 5.91 Å². The third-order valence-corrected chi connectivity index (χ3v) is 4.95. The zero-order valence-corrected chi connectivity index (χ0v) is 13.3. The van der Waals surface area contributed by atoms with Gasteiger partial charge < -0.3 is 5.32 Å². The smallest absolute Gasteiger partial charge is 0.261 e. The molecule has 2 nitrogen and oxygen atoms in total. The highest BCUT2D eigenvalue weighted by molar-refractivity contribution is 7.14. The van der Waals surface area contributed by atoms with E-state index in [1.165, 1.54) is 21.6 Å². The van der Waals surface area contributed by atoms with Crippen LogP contribution in [-0.2, 0) is 6.42 Å². The summed E-state index contributed by atoms with van der Waals surface area (Å²) in [5, 5.41) is 3.09. The Bertz CT molecular complexity index is 615. The van der Waals surface area contributed by atoms with Crippen molar-refractivity contribution in [3.05, 3.63) is 56.8 Å². The molecule has 0 spiro atoms. The maximum absolute atomic E-state index is 12.3. The minimum absolute atomic E-state index is 0.0218. The molecule has 0 radical (unpaired) electrons. The SMILES string of the molecule is CCc1sc(C(=O)NC(C)c2ccccc2C)cc1C. The van der Waals surface area contributed by atoms with Crippen molar-refractivity contribution < 1.29 is 4.79 Å². The average Bonchev–Trinajstić information content (AvgIpc) is 2.80. The Morgan fingerprint density at radius 2 is 1.95 bits per heavy atom. The maximum Gasteiger partial charge on any atom is 0.261 e. The van der Waals surface area contributed by atoms with Crippen molar-refractivity contribution in [2.24, 2.45) is 0 Å². The molecule has 0 aliphatic carbocycles. The van der Waals surface area contributed by atoms with Gasteiger partial charge in [-0.25, -0.2) is 0 Å². The Hall–Kier alpha value is -1.61. The predicted molar refractivity (Wildman–Crippen MR) is 85.5 cm³/mol. The molecule has 0 saturated heterocycles. The van der Waals surface area contributed by atoms with Gasteiger partial charge in [-0.05, 0) is 49.9 Å². The van der Waals surface area contributed by atoms with E-state index in [9.17, 15) is 4.79 Å². The predicted octanol–water partition coefficient (Wildman–Crippen LogP) is 4.42. The van der Waals surface area contributed by atoms with Crippen molar-refractivity contribution in [3.8, 4) is 0 Å². The summed E-state index contributed by atoms with van der Waals surface area (Å²) in [5.74, 6) is 0.0218. The maximum atomic E-state index is 12.3. The van der Waals surface area contributed by atoms with Gasteiger partial charge in [0, 0.05) is 4.88 Å². The zero-order chi connectivity index (χ0) is 14.7. The van der Waals surface area contributed by atoms with Gasteiger partial charge in [0.15, 0.2) is 0 Å². The molecule has 1 N–H and O–H groups in total. The van der Waals surface area contributed by atoms with E-state index in [1.807, 2.05) is 25.1 Å². The summed E-state index contributed by atoms with van der Waals surface area (Å²) in [4.78, 5) is 14.4. The molecule has 20 heavy (non-hydrogen) atoms. The molecule has 0 aliphatic rings. The number of carbonyl (C=O) groups is 1. The van der Waals surface area contributed by atoms with Gasteiger partial charge in [0.1, 0.15) is 0 Å². The van der Waals surface area contributed by atoms with Crippen LogP contribution in [0, 0.1) is 13.8 Å². The van der Waals surface area contributed by atoms with E-state index >= 15 is 0 Å². The van der Waals surface area contributed by atoms with Gasteiger partial charge in [-0.2, -0.15) is 0 Å². The highest BCUT2D eigenvalue weighted by atomic mass is 32.1. The van der Waals surface area contributed by atoms with Gasteiger partial charge in [-0.3, -0.25) is 4.79 Å². The lowest BCUT2D eigenvalue weighted by atomic mass is 10.0. The number of amides is 1. The highest BCUT2D eigenvalue weighted by Gasteiger charge is 2.15. The Morgan fingerprint density at radius 3 is 2.55 bits per heavy atom. The van der Waals surface area contributed by atoms with Crippen LogP contribution in [0.4, 0.5) is 0 Å². The van der Waals surface area contributed by atoms with Crippen molar-refractivity contribution in [1.29, 1.82) is 0 Å². The molecule has 0 aliphatic heterocycles. The largest absolute Gasteiger partial charge is 0.345 e. The Balaban J connectivity index is 2.13. The van der Waals surface area contributed by atoms with Gasteiger partial charge in [-0.1, -0.05) is 31.2 Å². The lowest BCUT2D eigenvalue weighted by molar-refractivity contribution is 0.0944. The van der Waals surface area contributed by atoms with E-state index < -0.39 is 0 Å². The number of nitrogens with one attached hydrogen (secondary N) is 1. The minimum atomic E-state index is 0.0218. The fraction of sp³-hybridized carbons (Fsp3) is 0.353. The molecule has 1 amide bonds. The van der Waals surface area contributed by atoms with Crippen molar-refractivity contribution in [3.63, 3.8) is 0 Å². The number of carbonyl (C=O) groups excluding carboxylic acids is 1. The van der Waals surface area contributed by atoms with E-state index in [2.05, 4.69) is 38.2 Å². The zero-order valence-electron chi connectivity index (χ0n) is 12.5. The second-order valence-electron chi connectivity index (χ2n) is 5.12. The van der Waals surface area contributed by atoms with Crippen LogP contribution in [-0.4, -0.2) is 5.91 Å². The summed E-state index contributed by atoms with van der Waals surface area (Å²) in [6.07, 6.45) is 0.983. The first-order valence-corrected chi connectivity index (χ1v) is 7.80. The van der Waals surface area contributed by atoms with E-state index in [-0.39, 0.29) is 11.9 Å². The molecule has 1 aromatic heterocycles. The second-order valence-corrected chi connectivity index (χ2v) is 6.26. The molecule has 1 heterocycles. The van der Waals surface area contributed by atoms with Gasteiger partial charge in [-0.15, -0.1) is 11.3 Å². The van der Waals surface area contributed by atoms with Crippen LogP contribution in [0.2, 0.25) is 0 Å². The molecule has 1 atom stereocenters. The fourth-order valence-corrected chi connectivity index (χ4v) is 3.42. The molecule has 3 heteroatoms. The summed E-state index contributed by atoms with van der Waals surface area (Å²) >= 11 is 1.60. The number of aryl methyl sites for hydroxylation is 3. The van der Waals surface area contributed by atoms with Crippen LogP contribution in [0.25, 0.3) is 0 Å². The third-order valence-electron chi connectivity index (χ3n) is 3.57. The lowest BCUT2D eigenvalue weighted by Crippen LogP contribution is -2.26. The quantitative estimate of drug-likeness (QED) is 0.886. The van der Waals surface area contributed by atoms with E-state index in [0.717, 1.165) is 11.3 Å². The molecule has 2 rings (SSSR count). The summed E-state index contributed by atoms with van der Waals surface area (Å²) in [6.45, 7) is 8.29. The van der Waals surface area contributed by atoms with Crippen LogP contribution in [0.15, 0.2) is 30.3 Å². The molecular weight excluding hydrogens is 266 g/mol. The molecule has 0 saturated carbocycles. The lowest BCUT2D eigenvalue weighted by Gasteiger charge is -2.15. The number of hydrogen-bond acceptors (Lipinski definition) is 2. The van der Waals surface area contributed by atoms with Crippen LogP contribution in [0.5, 0.6) is 0 Å². The molecule has 106 valence electrons. The molecule has 0 bridgehead atoms. The van der Waals surface area contributed by atoms with Crippen molar-refractivity contribution in [2.75, 3.05) is 0 Å². The molecular formula is C17H21NOS. The van der Waals surface area contributed by atoms with Gasteiger partial charge >= 0.3 is 0 Å². The van der Waals surface area contributed by atoms with Crippen LogP contribution in [0.1, 0.15) is 51.1 Å². The first kappa shape index (κ1) is 14.8. The number of rotatable bonds is 4. The van der Waals surface area contributed by atoms with Crippen molar-refractivity contribution in [2.45, 2.75) is 40.2 Å². The van der Waals surface area contributed by atoms with Gasteiger partial charge in [0.05, 0.1) is 10.9 Å². The van der Waals surface area contributed by atoms with Crippen LogP contribution in [0.3, 0.4) is 0 Å². The highest BCUT2D eigenvalue weighted by Crippen LogP contribution is 2.23. The first-order chi connectivity index (χ1) is 9.52. The van der Waals surface area contributed by atoms with Crippen molar-refractivity contribution >= 4 is 17.2 Å². The van der Waals surface area contributed by atoms with E-state index in [0.29, 0.717) is 0 Å². The Kier molecular flexibility index (Phi) is 4.61. The average molecular weight is 287 g/mol. The number of benzene rings is 1. The normalized spacial score (nSPS) is 12.2. The number of thiophene rings is 1. The summed E-state index contributed by atoms with van der Waals surface area (Å²) < 4.78 is 0. The Labute approximate surface area is 124 Å². The second kappa shape index (κ2) is 6.23. The fourth-order valence-electron chi connectivity index (χ4n) is 2.40. The van der Waals surface area contributed by atoms with E-state index in [4.69, 9.17) is 0 Å². The first-order valence-electron chi connectivity index (χ1n) is 6.98. The summed E-state index contributed by atoms with van der Waals surface area (Å²) in [7, 11) is 0. The third kappa shape index (κ3) is 3.10. The topological polar surface area (TPSA) is 29.1 Å². The molecule has 2 aromatic rings. The molecule has 1 aromatic carbocycles. The Morgan fingerprint density at radius 1 is 1.25 bits per heavy atom. The summed E-state index contributed by atoms with van der Waals surface area (Å²) in [5.41, 5.74) is 3.59. The molecule has 1 unspecified atom stereocenters. The van der Waals surface area contributed by atoms with E-state index in [1.54, 1.807) is 11.3 Å². The number of hydrogen-bond donors (Lipinski definition) is 1. The minimum Gasteiger partial charge on any atom is -0.345 e. The van der Waals surface area contributed by atoms with Gasteiger partial charge in [0.2, 0.25) is 0 Å².